The van der Waals surface area contributed by atoms with Gasteiger partial charge in [-0.05, 0) is 56.4 Å². The number of nitrogens with zero attached hydrogens (tertiary/aromatic N) is 1. The van der Waals surface area contributed by atoms with E-state index >= 15 is 0 Å². The van der Waals surface area contributed by atoms with E-state index in [0.717, 1.165) is 31.4 Å². The molecule has 0 radical (unpaired) electrons. The minimum absolute atomic E-state index is 0.00565. The molecule has 1 aliphatic rings. The van der Waals surface area contributed by atoms with Gasteiger partial charge < -0.3 is 19.1 Å². The highest BCUT2D eigenvalue weighted by Gasteiger charge is 2.42. The third kappa shape index (κ3) is 5.59. The van der Waals surface area contributed by atoms with Gasteiger partial charge in [0.15, 0.2) is 11.5 Å². The van der Waals surface area contributed by atoms with Crippen molar-refractivity contribution >= 4 is 5.91 Å². The van der Waals surface area contributed by atoms with Gasteiger partial charge in [0, 0.05) is 32.0 Å². The Balaban J connectivity index is 1.81. The lowest BCUT2D eigenvalue weighted by molar-refractivity contribution is -0.130. The van der Waals surface area contributed by atoms with Crippen LogP contribution in [0.15, 0.2) is 48.5 Å². The first-order chi connectivity index (χ1) is 14.8. The SMILES string of the molecule is COc1ccc(CN(CC[C@@]2(c3ccccc3)CCOC(C)(C)C2)C(C)=O)cc1OC. The Morgan fingerprint density at radius 3 is 2.39 bits per heavy atom. The Labute approximate surface area is 186 Å². The van der Waals surface area contributed by atoms with Crippen LogP contribution in [0.2, 0.25) is 0 Å². The van der Waals surface area contributed by atoms with Crippen LogP contribution >= 0.6 is 0 Å². The van der Waals surface area contributed by atoms with E-state index in [0.29, 0.717) is 24.6 Å². The minimum Gasteiger partial charge on any atom is -0.493 e. The molecule has 1 atom stereocenters. The Morgan fingerprint density at radius 2 is 1.77 bits per heavy atom. The van der Waals surface area contributed by atoms with Crippen molar-refractivity contribution in [3.05, 3.63) is 59.7 Å². The van der Waals surface area contributed by atoms with E-state index in [9.17, 15) is 4.79 Å². The number of methoxy groups -OCH3 is 2. The first kappa shape index (κ1) is 23.1. The number of ether oxygens (including phenoxy) is 3. The molecule has 0 spiro atoms. The van der Waals surface area contributed by atoms with E-state index < -0.39 is 0 Å². The van der Waals surface area contributed by atoms with Crippen molar-refractivity contribution in [2.45, 2.75) is 57.6 Å². The van der Waals surface area contributed by atoms with E-state index in [2.05, 4.69) is 44.2 Å². The zero-order valence-corrected chi connectivity index (χ0v) is 19.4. The number of carbonyl (C=O) groups is 1. The third-order valence-electron chi connectivity index (χ3n) is 6.35. The maximum Gasteiger partial charge on any atom is 0.219 e. The lowest BCUT2D eigenvalue weighted by atomic mass is 9.67. The van der Waals surface area contributed by atoms with Crippen molar-refractivity contribution < 1.29 is 19.0 Å². The van der Waals surface area contributed by atoms with Crippen LogP contribution in [-0.4, -0.2) is 43.8 Å². The number of benzene rings is 2. The fourth-order valence-corrected chi connectivity index (χ4v) is 4.77. The topological polar surface area (TPSA) is 48.0 Å². The van der Waals surface area contributed by atoms with Gasteiger partial charge in [-0.1, -0.05) is 36.4 Å². The summed E-state index contributed by atoms with van der Waals surface area (Å²) in [6.07, 6.45) is 2.80. The van der Waals surface area contributed by atoms with E-state index in [1.165, 1.54) is 5.56 Å². The molecule has 1 fully saturated rings. The first-order valence-electron chi connectivity index (χ1n) is 10.9. The Hall–Kier alpha value is -2.53. The molecule has 0 N–H and O–H groups in total. The zero-order valence-electron chi connectivity index (χ0n) is 19.4. The van der Waals surface area contributed by atoms with Crippen LogP contribution < -0.4 is 9.47 Å². The third-order valence-corrected chi connectivity index (χ3v) is 6.35. The number of hydrogen-bond donors (Lipinski definition) is 0. The summed E-state index contributed by atoms with van der Waals surface area (Å²) in [7, 11) is 3.25. The lowest BCUT2D eigenvalue weighted by Gasteiger charge is -2.46. The number of hydrogen-bond acceptors (Lipinski definition) is 4. The van der Waals surface area contributed by atoms with Crippen LogP contribution in [0, 0.1) is 0 Å². The largest absolute Gasteiger partial charge is 0.493 e. The molecule has 0 unspecified atom stereocenters. The molecule has 1 saturated heterocycles. The fourth-order valence-electron chi connectivity index (χ4n) is 4.77. The quantitative estimate of drug-likeness (QED) is 0.599. The second-order valence-electron chi connectivity index (χ2n) is 9.06. The molecule has 2 aromatic rings. The van der Waals surface area contributed by atoms with Crippen molar-refractivity contribution in [3.8, 4) is 11.5 Å². The molecule has 0 aromatic heterocycles. The molecule has 0 aliphatic carbocycles. The number of amides is 1. The fraction of sp³-hybridized carbons (Fsp3) is 0.500. The smallest absolute Gasteiger partial charge is 0.219 e. The van der Waals surface area contributed by atoms with Crippen LogP contribution in [0.25, 0.3) is 0 Å². The average molecular weight is 426 g/mol. The van der Waals surface area contributed by atoms with Gasteiger partial charge in [0.2, 0.25) is 5.91 Å². The zero-order chi connectivity index (χ0) is 22.5. The monoisotopic (exact) mass is 425 g/mol. The predicted molar refractivity (Wildman–Crippen MR) is 123 cm³/mol. The summed E-state index contributed by atoms with van der Waals surface area (Å²) < 4.78 is 16.8. The summed E-state index contributed by atoms with van der Waals surface area (Å²) in [5.74, 6) is 1.44. The Morgan fingerprint density at radius 1 is 1.06 bits per heavy atom. The van der Waals surface area contributed by atoms with Crippen LogP contribution in [0.5, 0.6) is 11.5 Å². The minimum atomic E-state index is -0.182. The van der Waals surface area contributed by atoms with E-state index in [-0.39, 0.29) is 16.9 Å². The van der Waals surface area contributed by atoms with Crippen LogP contribution in [0.1, 0.15) is 51.2 Å². The maximum atomic E-state index is 12.5. The van der Waals surface area contributed by atoms with Gasteiger partial charge in [-0.25, -0.2) is 0 Å². The highest BCUT2D eigenvalue weighted by Crippen LogP contribution is 2.44. The molecule has 0 bridgehead atoms. The van der Waals surface area contributed by atoms with Crippen molar-refractivity contribution in [1.29, 1.82) is 0 Å². The molecule has 2 aromatic carbocycles. The van der Waals surface area contributed by atoms with Crippen LogP contribution in [0.4, 0.5) is 0 Å². The molecule has 1 heterocycles. The van der Waals surface area contributed by atoms with Crippen molar-refractivity contribution in [2.75, 3.05) is 27.4 Å². The van der Waals surface area contributed by atoms with E-state index in [4.69, 9.17) is 14.2 Å². The highest BCUT2D eigenvalue weighted by molar-refractivity contribution is 5.73. The molecular formula is C26H35NO4. The van der Waals surface area contributed by atoms with Gasteiger partial charge in [0.05, 0.1) is 19.8 Å². The summed E-state index contributed by atoms with van der Waals surface area (Å²) in [5.41, 5.74) is 2.17. The van der Waals surface area contributed by atoms with Gasteiger partial charge in [0.25, 0.3) is 0 Å². The molecule has 1 aliphatic heterocycles. The standard InChI is InChI=1S/C26H35NO4/c1-20(28)27(18-21-11-12-23(29-4)24(17-21)30-5)15-13-26(22-9-7-6-8-10-22)14-16-31-25(2,3)19-26/h6-12,17H,13-16,18-19H2,1-5H3/t26-/m1/s1. The molecule has 168 valence electrons. The maximum absolute atomic E-state index is 12.5. The molecule has 1 amide bonds. The Bertz CT molecular complexity index is 880. The summed E-state index contributed by atoms with van der Waals surface area (Å²) in [5, 5.41) is 0. The van der Waals surface area contributed by atoms with Gasteiger partial charge in [0.1, 0.15) is 0 Å². The second-order valence-corrected chi connectivity index (χ2v) is 9.06. The second kappa shape index (κ2) is 9.73. The number of rotatable bonds is 8. The van der Waals surface area contributed by atoms with Crippen LogP contribution in [-0.2, 0) is 21.5 Å². The van der Waals surface area contributed by atoms with Crippen molar-refractivity contribution in [3.63, 3.8) is 0 Å². The molecule has 31 heavy (non-hydrogen) atoms. The molecule has 0 saturated carbocycles. The molecule has 5 heteroatoms. The Kier molecular flexibility index (Phi) is 7.26. The summed E-state index contributed by atoms with van der Waals surface area (Å²) in [6.45, 7) is 7.93. The summed E-state index contributed by atoms with van der Waals surface area (Å²) >= 11 is 0. The normalized spacial score (nSPS) is 20.2. The van der Waals surface area contributed by atoms with Gasteiger partial charge in [-0.15, -0.1) is 0 Å². The van der Waals surface area contributed by atoms with Gasteiger partial charge >= 0.3 is 0 Å². The summed E-state index contributed by atoms with van der Waals surface area (Å²) in [4.78, 5) is 14.4. The van der Waals surface area contributed by atoms with Crippen molar-refractivity contribution in [1.82, 2.24) is 4.90 Å². The van der Waals surface area contributed by atoms with E-state index in [1.807, 2.05) is 23.1 Å². The first-order valence-corrected chi connectivity index (χ1v) is 10.9. The molecule has 5 nitrogen and oxygen atoms in total. The van der Waals surface area contributed by atoms with Crippen LogP contribution in [0.3, 0.4) is 0 Å². The molecule has 3 rings (SSSR count). The summed E-state index contributed by atoms with van der Waals surface area (Å²) in [6, 6.07) is 16.5. The number of carbonyl (C=O) groups excluding carboxylic acids is 1. The highest BCUT2D eigenvalue weighted by atomic mass is 16.5. The van der Waals surface area contributed by atoms with E-state index in [1.54, 1.807) is 21.1 Å². The van der Waals surface area contributed by atoms with Gasteiger partial charge in [-0.2, -0.15) is 0 Å². The van der Waals surface area contributed by atoms with Gasteiger partial charge in [-0.3, -0.25) is 4.79 Å². The molecular weight excluding hydrogens is 390 g/mol. The van der Waals surface area contributed by atoms with Crippen molar-refractivity contribution in [2.24, 2.45) is 0 Å². The predicted octanol–water partition coefficient (Wildman–Crippen LogP) is 4.97. The average Bonchev–Trinajstić information content (AvgIpc) is 2.76. The lowest BCUT2D eigenvalue weighted by Crippen LogP contribution is -2.46.